The van der Waals surface area contributed by atoms with Gasteiger partial charge in [0.1, 0.15) is 6.26 Å². The Kier molecular flexibility index (Phi) is 4.53. The zero-order valence-corrected chi connectivity index (χ0v) is 14.1. The highest BCUT2D eigenvalue weighted by atomic mass is 19.2. The first-order valence-corrected chi connectivity index (χ1v) is 8.53. The lowest BCUT2D eigenvalue weighted by Gasteiger charge is -2.14. The Morgan fingerprint density at radius 3 is 2.65 bits per heavy atom. The molecule has 1 aromatic heterocycles. The van der Waals surface area contributed by atoms with Crippen molar-refractivity contribution >= 4 is 0 Å². The predicted octanol–water partition coefficient (Wildman–Crippen LogP) is 3.55. The van der Waals surface area contributed by atoms with E-state index in [1.165, 1.54) is 11.6 Å². The fraction of sp³-hybridized carbons (Fsp3) is 0.250. The molecule has 2 aromatic carbocycles. The molecule has 134 valence electrons. The largest absolute Gasteiger partial charge is 0.444 e. The van der Waals surface area contributed by atoms with Crippen LogP contribution < -0.4 is 5.73 Å². The molecule has 0 amide bonds. The Hall–Kier alpha value is -2.57. The van der Waals surface area contributed by atoms with Crippen molar-refractivity contribution in [3.8, 4) is 11.5 Å². The molecule has 2 heterocycles. The fourth-order valence-corrected chi connectivity index (χ4v) is 3.47. The molecular formula is C20H19F2N3O. The summed E-state index contributed by atoms with van der Waals surface area (Å²) in [7, 11) is 0. The first-order chi connectivity index (χ1) is 12.6. The van der Waals surface area contributed by atoms with E-state index >= 15 is 0 Å². The smallest absolute Gasteiger partial charge is 0.226 e. The first kappa shape index (κ1) is 16.9. The zero-order valence-electron chi connectivity index (χ0n) is 14.1. The Labute approximate surface area is 150 Å². The van der Waals surface area contributed by atoms with Gasteiger partial charge in [-0.05, 0) is 23.8 Å². The summed E-state index contributed by atoms with van der Waals surface area (Å²) in [6.07, 6.45) is 1.55. The quantitative estimate of drug-likeness (QED) is 0.778. The summed E-state index contributed by atoms with van der Waals surface area (Å²) in [5, 5.41) is 0. The summed E-state index contributed by atoms with van der Waals surface area (Å²) in [5.74, 6) is -1.24. The third kappa shape index (κ3) is 3.38. The van der Waals surface area contributed by atoms with Crippen LogP contribution in [-0.4, -0.2) is 29.0 Å². The summed E-state index contributed by atoms with van der Waals surface area (Å²) >= 11 is 0. The second-order valence-corrected chi connectivity index (χ2v) is 6.65. The monoisotopic (exact) mass is 355 g/mol. The molecule has 0 unspecified atom stereocenters. The minimum atomic E-state index is -0.918. The number of nitrogens with two attached hydrogens (primary N) is 1. The Bertz CT molecular complexity index is 897. The predicted molar refractivity (Wildman–Crippen MR) is 94.3 cm³/mol. The van der Waals surface area contributed by atoms with Crippen molar-refractivity contribution in [2.45, 2.75) is 18.5 Å². The molecule has 0 bridgehead atoms. The standard InChI is InChI=1S/C20H19F2N3O/c21-17-7-6-14(8-18(17)22)20-24-15(12-26-20)9-25-10-16(19(23)11-25)13-4-2-1-3-5-13/h1-8,12,16,19H,9-11,23H2/t16-,19+/m0/s1. The SMILES string of the molecule is N[C@@H]1CN(Cc2coc(-c3ccc(F)c(F)c3)n2)C[C@H]1c1ccccc1. The summed E-state index contributed by atoms with van der Waals surface area (Å²) in [4.78, 5) is 6.63. The molecule has 1 saturated heterocycles. The van der Waals surface area contributed by atoms with Gasteiger partial charge in [-0.15, -0.1) is 0 Å². The molecule has 4 rings (SSSR count). The number of halogens is 2. The van der Waals surface area contributed by atoms with Gasteiger partial charge in [0.05, 0.1) is 5.69 Å². The summed E-state index contributed by atoms with van der Waals surface area (Å²) in [5.41, 5.74) is 8.71. The molecule has 1 aliphatic rings. The fourth-order valence-electron chi connectivity index (χ4n) is 3.47. The molecule has 2 atom stereocenters. The van der Waals surface area contributed by atoms with Crippen molar-refractivity contribution < 1.29 is 13.2 Å². The van der Waals surface area contributed by atoms with Gasteiger partial charge >= 0.3 is 0 Å². The van der Waals surface area contributed by atoms with Crippen LogP contribution in [0, 0.1) is 11.6 Å². The summed E-state index contributed by atoms with van der Waals surface area (Å²) in [6, 6.07) is 13.9. The molecule has 4 nitrogen and oxygen atoms in total. The first-order valence-electron chi connectivity index (χ1n) is 8.53. The topological polar surface area (TPSA) is 55.3 Å². The van der Waals surface area contributed by atoms with Gasteiger partial charge in [-0.3, -0.25) is 4.90 Å². The van der Waals surface area contributed by atoms with Gasteiger partial charge in [0.25, 0.3) is 0 Å². The second kappa shape index (κ2) is 6.97. The number of benzene rings is 2. The van der Waals surface area contributed by atoms with E-state index in [2.05, 4.69) is 22.0 Å². The second-order valence-electron chi connectivity index (χ2n) is 6.65. The number of hydrogen-bond donors (Lipinski definition) is 1. The summed E-state index contributed by atoms with van der Waals surface area (Å²) in [6.45, 7) is 2.22. The zero-order chi connectivity index (χ0) is 18.1. The highest BCUT2D eigenvalue weighted by Gasteiger charge is 2.31. The number of oxazole rings is 1. The van der Waals surface area contributed by atoms with E-state index in [0.29, 0.717) is 12.1 Å². The van der Waals surface area contributed by atoms with E-state index < -0.39 is 11.6 Å². The van der Waals surface area contributed by atoms with E-state index in [9.17, 15) is 8.78 Å². The molecule has 3 aromatic rings. The van der Waals surface area contributed by atoms with Gasteiger partial charge in [0.15, 0.2) is 11.6 Å². The number of nitrogens with zero attached hydrogens (tertiary/aromatic N) is 2. The number of hydrogen-bond acceptors (Lipinski definition) is 4. The van der Waals surface area contributed by atoms with Gasteiger partial charge in [-0.1, -0.05) is 30.3 Å². The minimum absolute atomic E-state index is 0.0648. The third-order valence-electron chi connectivity index (χ3n) is 4.77. The maximum absolute atomic E-state index is 13.4. The normalized spacial score (nSPS) is 20.6. The van der Waals surface area contributed by atoms with Crippen LogP contribution in [0.4, 0.5) is 8.78 Å². The highest BCUT2D eigenvalue weighted by molar-refractivity contribution is 5.53. The Morgan fingerprint density at radius 1 is 1.08 bits per heavy atom. The van der Waals surface area contributed by atoms with Crippen LogP contribution in [0.1, 0.15) is 17.2 Å². The van der Waals surface area contributed by atoms with E-state index in [4.69, 9.17) is 10.2 Å². The molecular weight excluding hydrogens is 336 g/mol. The maximum atomic E-state index is 13.4. The van der Waals surface area contributed by atoms with E-state index in [-0.39, 0.29) is 17.9 Å². The van der Waals surface area contributed by atoms with Gasteiger partial charge in [-0.2, -0.15) is 0 Å². The molecule has 2 N–H and O–H groups in total. The molecule has 0 spiro atoms. The molecule has 1 aliphatic heterocycles. The molecule has 1 fully saturated rings. The van der Waals surface area contributed by atoms with E-state index in [1.54, 1.807) is 6.26 Å². The van der Waals surface area contributed by atoms with Gasteiger partial charge in [-0.25, -0.2) is 13.8 Å². The molecule has 26 heavy (non-hydrogen) atoms. The van der Waals surface area contributed by atoms with Crippen molar-refractivity contribution in [3.05, 3.63) is 77.7 Å². The van der Waals surface area contributed by atoms with Crippen molar-refractivity contribution in [3.63, 3.8) is 0 Å². The van der Waals surface area contributed by atoms with Gasteiger partial charge in [0, 0.05) is 37.2 Å². The van der Waals surface area contributed by atoms with Crippen LogP contribution in [0.15, 0.2) is 59.2 Å². The van der Waals surface area contributed by atoms with E-state index in [0.717, 1.165) is 30.9 Å². The van der Waals surface area contributed by atoms with Crippen LogP contribution in [0.25, 0.3) is 11.5 Å². The van der Waals surface area contributed by atoms with Crippen molar-refractivity contribution in [2.75, 3.05) is 13.1 Å². The molecule has 6 heteroatoms. The lowest BCUT2D eigenvalue weighted by molar-refractivity contribution is 0.319. The van der Waals surface area contributed by atoms with Crippen LogP contribution in [0.3, 0.4) is 0 Å². The van der Waals surface area contributed by atoms with Gasteiger partial charge in [0.2, 0.25) is 5.89 Å². The highest BCUT2D eigenvalue weighted by Crippen LogP contribution is 2.28. The maximum Gasteiger partial charge on any atom is 0.226 e. The van der Waals surface area contributed by atoms with Crippen LogP contribution in [-0.2, 0) is 6.54 Å². The molecule has 0 saturated carbocycles. The lowest BCUT2D eigenvalue weighted by Crippen LogP contribution is -2.28. The average Bonchev–Trinajstić information content (AvgIpc) is 3.25. The van der Waals surface area contributed by atoms with Crippen molar-refractivity contribution in [1.29, 1.82) is 0 Å². The molecule has 0 aliphatic carbocycles. The summed E-state index contributed by atoms with van der Waals surface area (Å²) < 4.78 is 31.9. The lowest BCUT2D eigenvalue weighted by atomic mass is 9.95. The van der Waals surface area contributed by atoms with Crippen LogP contribution in [0.2, 0.25) is 0 Å². The molecule has 0 radical (unpaired) electrons. The van der Waals surface area contributed by atoms with Crippen LogP contribution >= 0.6 is 0 Å². The Morgan fingerprint density at radius 2 is 1.88 bits per heavy atom. The van der Waals surface area contributed by atoms with Crippen molar-refractivity contribution in [2.24, 2.45) is 5.73 Å². The number of likely N-dealkylation sites (tertiary alicyclic amines) is 1. The van der Waals surface area contributed by atoms with E-state index in [1.807, 2.05) is 18.2 Å². The van der Waals surface area contributed by atoms with Crippen molar-refractivity contribution in [1.82, 2.24) is 9.88 Å². The van der Waals surface area contributed by atoms with Gasteiger partial charge < -0.3 is 10.2 Å². The minimum Gasteiger partial charge on any atom is -0.444 e. The average molecular weight is 355 g/mol. The number of rotatable bonds is 4. The number of aromatic nitrogens is 1. The third-order valence-corrected chi connectivity index (χ3v) is 4.77. The Balaban J connectivity index is 1.45. The van der Waals surface area contributed by atoms with Crippen LogP contribution in [0.5, 0.6) is 0 Å².